The molecule has 1 aliphatic heterocycles. The number of allylic oxidation sites excluding steroid dienone is 2. The van der Waals surface area contributed by atoms with Crippen LogP contribution in [0.4, 0.5) is 0 Å². The number of Topliss-reactive ketones (excluding diaryl/α,β-unsaturated/α-hetero) is 1. The summed E-state index contributed by atoms with van der Waals surface area (Å²) in [5.74, 6) is -0.148. The van der Waals surface area contributed by atoms with Crippen LogP contribution in [-0.4, -0.2) is 32.6 Å². The van der Waals surface area contributed by atoms with Crippen LogP contribution in [0, 0.1) is 0 Å². The van der Waals surface area contributed by atoms with Gasteiger partial charge in [-0.25, -0.2) is 4.79 Å². The minimum atomic E-state index is -0.606. The Kier molecular flexibility index (Phi) is 5.38. The van der Waals surface area contributed by atoms with Crippen molar-refractivity contribution < 1.29 is 23.8 Å². The molecule has 0 saturated carbocycles. The molecule has 1 heterocycles. The molecule has 0 radical (unpaired) electrons. The lowest BCUT2D eigenvalue weighted by atomic mass is 9.79. The lowest BCUT2D eigenvalue weighted by molar-refractivity contribution is -0.136. The van der Waals surface area contributed by atoms with E-state index in [0.29, 0.717) is 40.5 Å². The van der Waals surface area contributed by atoms with Crippen LogP contribution in [0.1, 0.15) is 34.3 Å². The molecular formula is C25H23NO5. The van der Waals surface area contributed by atoms with Crippen LogP contribution in [0.3, 0.4) is 0 Å². The lowest BCUT2D eigenvalue weighted by Crippen LogP contribution is -2.29. The third-order valence-corrected chi connectivity index (χ3v) is 5.53. The molecule has 0 spiro atoms. The van der Waals surface area contributed by atoms with Crippen molar-refractivity contribution in [3.8, 4) is 11.5 Å². The molecule has 0 aromatic heterocycles. The Balaban J connectivity index is 1.90. The highest BCUT2D eigenvalue weighted by molar-refractivity contribution is 6.23. The van der Waals surface area contributed by atoms with Crippen molar-refractivity contribution in [2.24, 2.45) is 0 Å². The quantitative estimate of drug-likeness (QED) is 0.566. The fraction of sp³-hybridized carbons (Fsp3) is 0.200. The maximum atomic E-state index is 13.4. The lowest BCUT2D eigenvalue weighted by Gasteiger charge is -2.29. The number of ketones is 1. The highest BCUT2D eigenvalue weighted by Gasteiger charge is 2.42. The fourth-order valence-corrected chi connectivity index (χ4v) is 4.17. The molecule has 1 atom stereocenters. The van der Waals surface area contributed by atoms with Gasteiger partial charge in [-0.15, -0.1) is 0 Å². The average Bonchev–Trinajstić information content (AvgIpc) is 3.08. The van der Waals surface area contributed by atoms with Gasteiger partial charge in [0.1, 0.15) is 6.61 Å². The smallest absolute Gasteiger partial charge is 0.336 e. The molecule has 1 N–H and O–H groups in total. The number of esters is 1. The summed E-state index contributed by atoms with van der Waals surface area (Å²) in [5.41, 5.74) is 4.46. The van der Waals surface area contributed by atoms with Crippen LogP contribution in [0.15, 0.2) is 72.0 Å². The van der Waals surface area contributed by atoms with Gasteiger partial charge in [-0.05, 0) is 24.6 Å². The van der Waals surface area contributed by atoms with Gasteiger partial charge in [0, 0.05) is 28.3 Å². The monoisotopic (exact) mass is 417 g/mol. The van der Waals surface area contributed by atoms with E-state index in [1.807, 2.05) is 31.2 Å². The van der Waals surface area contributed by atoms with E-state index in [9.17, 15) is 9.59 Å². The zero-order valence-corrected chi connectivity index (χ0v) is 17.7. The van der Waals surface area contributed by atoms with Crippen molar-refractivity contribution in [1.82, 2.24) is 5.32 Å². The van der Waals surface area contributed by atoms with Crippen molar-refractivity contribution in [3.63, 3.8) is 0 Å². The first-order chi connectivity index (χ1) is 15.0. The maximum absolute atomic E-state index is 13.4. The molecule has 2 aromatic rings. The Bertz CT molecular complexity index is 1160. The van der Waals surface area contributed by atoms with Crippen LogP contribution < -0.4 is 14.8 Å². The van der Waals surface area contributed by atoms with E-state index >= 15 is 0 Å². The molecule has 158 valence electrons. The van der Waals surface area contributed by atoms with Gasteiger partial charge in [-0.1, -0.05) is 43.0 Å². The van der Waals surface area contributed by atoms with Crippen LogP contribution >= 0.6 is 0 Å². The van der Waals surface area contributed by atoms with Gasteiger partial charge in [0.25, 0.3) is 0 Å². The number of nitrogens with one attached hydrogen (secondary N) is 1. The molecule has 0 bridgehead atoms. The van der Waals surface area contributed by atoms with Gasteiger partial charge in [0.05, 0.1) is 25.5 Å². The first kappa shape index (κ1) is 20.5. The van der Waals surface area contributed by atoms with Gasteiger partial charge in [-0.2, -0.15) is 0 Å². The molecule has 6 nitrogen and oxygen atoms in total. The predicted molar refractivity (Wildman–Crippen MR) is 117 cm³/mol. The summed E-state index contributed by atoms with van der Waals surface area (Å²) in [7, 11) is 2.88. The van der Waals surface area contributed by atoms with E-state index in [2.05, 4.69) is 11.9 Å². The number of dihydropyridines is 1. The Hall–Kier alpha value is -3.80. The molecule has 0 saturated heterocycles. The van der Waals surface area contributed by atoms with Gasteiger partial charge >= 0.3 is 5.97 Å². The maximum Gasteiger partial charge on any atom is 0.336 e. The SMILES string of the molecule is C=CCOc1ccc(C2C(C(=O)OC)=C(C)NC3=C2C(=O)c2ccccc23)cc1OC. The standard InChI is InChI=1S/C25H23NO5/c1-5-12-31-18-11-10-15(13-19(18)29-3)21-20(25(28)30-4)14(2)26-23-16-8-6-7-9-17(16)24(27)22(21)23/h5-11,13,21,26H,1,12H2,2-4H3. The van der Waals surface area contributed by atoms with E-state index in [4.69, 9.17) is 14.2 Å². The molecule has 0 amide bonds. The highest BCUT2D eigenvalue weighted by atomic mass is 16.5. The minimum Gasteiger partial charge on any atom is -0.493 e. The second kappa shape index (κ2) is 8.14. The molecule has 1 aliphatic carbocycles. The predicted octanol–water partition coefficient (Wildman–Crippen LogP) is 4.00. The van der Waals surface area contributed by atoms with Crippen molar-refractivity contribution in [1.29, 1.82) is 0 Å². The largest absolute Gasteiger partial charge is 0.493 e. The zero-order valence-electron chi connectivity index (χ0n) is 17.7. The van der Waals surface area contributed by atoms with Crippen molar-refractivity contribution in [3.05, 3.63) is 88.7 Å². The summed E-state index contributed by atoms with van der Waals surface area (Å²) in [4.78, 5) is 26.2. The zero-order chi connectivity index (χ0) is 22.1. The molecule has 6 heteroatoms. The number of hydrogen-bond donors (Lipinski definition) is 1. The number of hydrogen-bond acceptors (Lipinski definition) is 6. The Morgan fingerprint density at radius 1 is 1.13 bits per heavy atom. The van der Waals surface area contributed by atoms with E-state index in [1.54, 1.807) is 31.4 Å². The summed E-state index contributed by atoms with van der Waals surface area (Å²) in [6, 6.07) is 12.8. The van der Waals surface area contributed by atoms with Crippen molar-refractivity contribution in [2.45, 2.75) is 12.8 Å². The molecule has 1 unspecified atom stereocenters. The number of rotatable bonds is 6. The average molecular weight is 417 g/mol. The van der Waals surface area contributed by atoms with Gasteiger partial charge in [-0.3, -0.25) is 4.79 Å². The molecule has 4 rings (SSSR count). The van der Waals surface area contributed by atoms with E-state index in [1.165, 1.54) is 7.11 Å². The Morgan fingerprint density at radius 2 is 1.87 bits per heavy atom. The number of carbonyl (C=O) groups is 2. The van der Waals surface area contributed by atoms with Crippen LogP contribution in [-0.2, 0) is 9.53 Å². The molecular weight excluding hydrogens is 394 g/mol. The Labute approximate surface area is 180 Å². The first-order valence-electron chi connectivity index (χ1n) is 9.87. The van der Waals surface area contributed by atoms with E-state index in [-0.39, 0.29) is 5.78 Å². The summed E-state index contributed by atoms with van der Waals surface area (Å²) in [5, 5.41) is 3.27. The summed E-state index contributed by atoms with van der Waals surface area (Å²) in [6.07, 6.45) is 1.65. The topological polar surface area (TPSA) is 73.9 Å². The second-order valence-electron chi connectivity index (χ2n) is 7.26. The van der Waals surface area contributed by atoms with Gasteiger partial charge in [0.15, 0.2) is 17.3 Å². The first-order valence-corrected chi connectivity index (χ1v) is 9.87. The number of ether oxygens (including phenoxy) is 3. The summed E-state index contributed by atoms with van der Waals surface area (Å²) < 4.78 is 16.2. The van der Waals surface area contributed by atoms with Crippen molar-refractivity contribution in [2.75, 3.05) is 20.8 Å². The summed E-state index contributed by atoms with van der Waals surface area (Å²) >= 11 is 0. The van der Waals surface area contributed by atoms with Gasteiger partial charge < -0.3 is 19.5 Å². The third kappa shape index (κ3) is 3.30. The number of benzene rings is 2. The van der Waals surface area contributed by atoms with Crippen LogP contribution in [0.5, 0.6) is 11.5 Å². The van der Waals surface area contributed by atoms with Gasteiger partial charge in [0.2, 0.25) is 0 Å². The van der Waals surface area contributed by atoms with Crippen LogP contribution in [0.2, 0.25) is 0 Å². The normalized spacial score (nSPS) is 17.0. The molecule has 2 aromatic carbocycles. The Morgan fingerprint density at radius 3 is 2.55 bits per heavy atom. The molecule has 2 aliphatic rings. The number of fused-ring (bicyclic) bond motifs is 2. The highest BCUT2D eigenvalue weighted by Crippen LogP contribution is 2.47. The van der Waals surface area contributed by atoms with Crippen LogP contribution in [0.25, 0.3) is 5.70 Å². The number of carbonyl (C=O) groups excluding carboxylic acids is 2. The van der Waals surface area contributed by atoms with E-state index in [0.717, 1.165) is 16.8 Å². The molecule has 0 fully saturated rings. The fourth-order valence-electron chi connectivity index (χ4n) is 4.17. The summed E-state index contributed by atoms with van der Waals surface area (Å²) in [6.45, 7) is 5.80. The van der Waals surface area contributed by atoms with Crippen molar-refractivity contribution >= 4 is 17.4 Å². The molecule has 31 heavy (non-hydrogen) atoms. The van der Waals surface area contributed by atoms with E-state index < -0.39 is 11.9 Å². The number of methoxy groups -OCH3 is 2. The third-order valence-electron chi connectivity index (χ3n) is 5.53. The second-order valence-corrected chi connectivity index (χ2v) is 7.26. The minimum absolute atomic E-state index is 0.108.